The first-order valence-electron chi connectivity index (χ1n) is 7.21. The Morgan fingerprint density at radius 3 is 1.86 bits per heavy atom. The van der Waals surface area contributed by atoms with E-state index < -0.39 is 39.7 Å². The number of alkyl halides is 10. The van der Waals surface area contributed by atoms with E-state index in [1.165, 1.54) is 12.1 Å². The lowest BCUT2D eigenvalue weighted by molar-refractivity contribution is -0.371. The molecule has 0 bridgehead atoms. The fourth-order valence-electron chi connectivity index (χ4n) is 2.69. The van der Waals surface area contributed by atoms with Gasteiger partial charge in [-0.1, -0.05) is 56.1 Å². The molecule has 0 radical (unpaired) electrons. The summed E-state index contributed by atoms with van der Waals surface area (Å²) in [5, 5.41) is 0. The van der Waals surface area contributed by atoms with Crippen molar-refractivity contribution in [2.24, 2.45) is 0 Å². The normalized spacial score (nSPS) is 23.7. The van der Waals surface area contributed by atoms with E-state index in [0.29, 0.717) is 0 Å². The standard InChI is InChI=1S/C16H8Br2F10/c17-9-5-8(6-12(18,7-9)10-3-1-2-4-11(10)19)13(20,15(23,24)25)14(21,22)16(26,27)28/h1-6H,7H2. The van der Waals surface area contributed by atoms with Gasteiger partial charge in [0.1, 0.15) is 5.82 Å². The molecule has 0 aromatic heterocycles. The summed E-state index contributed by atoms with van der Waals surface area (Å²) in [6.07, 6.45) is -13.5. The zero-order chi connectivity index (χ0) is 21.8. The maximum Gasteiger partial charge on any atom is 0.457 e. The lowest BCUT2D eigenvalue weighted by Gasteiger charge is -2.39. The molecule has 12 heteroatoms. The Hall–Kier alpha value is -1.04. The second-order valence-electron chi connectivity index (χ2n) is 5.94. The van der Waals surface area contributed by atoms with Crippen molar-refractivity contribution in [1.82, 2.24) is 0 Å². The average molecular weight is 550 g/mol. The molecule has 0 heterocycles. The summed E-state index contributed by atoms with van der Waals surface area (Å²) in [5.74, 6) is -7.80. The van der Waals surface area contributed by atoms with Gasteiger partial charge < -0.3 is 0 Å². The Balaban J connectivity index is 2.80. The van der Waals surface area contributed by atoms with Gasteiger partial charge in [0.2, 0.25) is 0 Å². The molecule has 156 valence electrons. The third-order valence-corrected chi connectivity index (χ3v) is 5.47. The second-order valence-corrected chi connectivity index (χ2v) is 8.37. The third-order valence-electron chi connectivity index (χ3n) is 4.02. The highest BCUT2D eigenvalue weighted by atomic mass is 79.9. The van der Waals surface area contributed by atoms with Crippen molar-refractivity contribution in [3.63, 3.8) is 0 Å². The summed E-state index contributed by atoms with van der Waals surface area (Å²) in [4.78, 5) is 0. The third kappa shape index (κ3) is 3.61. The van der Waals surface area contributed by atoms with Crippen LogP contribution in [0.5, 0.6) is 0 Å². The topological polar surface area (TPSA) is 0 Å². The average Bonchev–Trinajstić information content (AvgIpc) is 2.51. The van der Waals surface area contributed by atoms with Gasteiger partial charge in [-0.3, -0.25) is 0 Å². The van der Waals surface area contributed by atoms with E-state index >= 15 is 0 Å². The van der Waals surface area contributed by atoms with Crippen molar-refractivity contribution < 1.29 is 43.9 Å². The summed E-state index contributed by atoms with van der Waals surface area (Å²) in [6, 6.07) is 4.45. The molecule has 0 N–H and O–H groups in total. The molecule has 0 spiro atoms. The minimum Gasteiger partial charge on any atom is -0.221 e. The maximum absolute atomic E-state index is 14.7. The smallest absolute Gasteiger partial charge is 0.221 e. The van der Waals surface area contributed by atoms with Crippen molar-refractivity contribution in [2.75, 3.05) is 0 Å². The van der Waals surface area contributed by atoms with E-state index in [4.69, 9.17) is 0 Å². The van der Waals surface area contributed by atoms with Gasteiger partial charge in [0, 0.05) is 17.6 Å². The van der Waals surface area contributed by atoms with Crippen LogP contribution in [0.4, 0.5) is 43.9 Å². The van der Waals surface area contributed by atoms with Gasteiger partial charge in [-0.15, -0.1) is 0 Å². The maximum atomic E-state index is 14.7. The molecule has 0 fully saturated rings. The summed E-state index contributed by atoms with van der Waals surface area (Å²) in [5.41, 5.74) is -8.50. The van der Waals surface area contributed by atoms with E-state index in [2.05, 4.69) is 31.9 Å². The van der Waals surface area contributed by atoms with Crippen molar-refractivity contribution >= 4 is 31.9 Å². The molecule has 2 atom stereocenters. The summed E-state index contributed by atoms with van der Waals surface area (Å²) in [7, 11) is 0. The molecule has 1 aromatic rings. The lowest BCUT2D eigenvalue weighted by Crippen LogP contribution is -2.63. The van der Waals surface area contributed by atoms with Gasteiger partial charge in [0.05, 0.1) is 4.32 Å². The van der Waals surface area contributed by atoms with E-state index in [1.54, 1.807) is 0 Å². The van der Waals surface area contributed by atoms with Crippen LogP contribution in [0.15, 0.2) is 46.5 Å². The minimum absolute atomic E-state index is 0.184. The quantitative estimate of drug-likeness (QED) is 0.271. The van der Waals surface area contributed by atoms with Crippen LogP contribution >= 0.6 is 31.9 Å². The van der Waals surface area contributed by atoms with Crippen molar-refractivity contribution in [3.05, 3.63) is 57.9 Å². The summed E-state index contributed by atoms with van der Waals surface area (Å²) in [6.45, 7) is 0. The summed E-state index contributed by atoms with van der Waals surface area (Å²) < 4.78 is 132. The fourth-order valence-corrected chi connectivity index (χ4v) is 4.63. The zero-order valence-electron chi connectivity index (χ0n) is 13.2. The van der Waals surface area contributed by atoms with Crippen molar-refractivity contribution in [1.29, 1.82) is 0 Å². The number of allylic oxidation sites excluding steroid dienone is 4. The van der Waals surface area contributed by atoms with Crippen LogP contribution in [0.3, 0.4) is 0 Å². The number of benzene rings is 1. The molecular formula is C16H8Br2F10. The number of hydrogen-bond acceptors (Lipinski definition) is 0. The molecule has 1 aromatic carbocycles. The molecule has 0 aliphatic heterocycles. The first kappa shape index (κ1) is 23.2. The molecule has 1 aliphatic carbocycles. The largest absolute Gasteiger partial charge is 0.457 e. The highest BCUT2D eigenvalue weighted by molar-refractivity contribution is 9.12. The second kappa shape index (κ2) is 7.03. The van der Waals surface area contributed by atoms with E-state index in [-0.39, 0.29) is 28.6 Å². The molecule has 0 saturated heterocycles. The first-order chi connectivity index (χ1) is 12.5. The Morgan fingerprint density at radius 2 is 1.39 bits per heavy atom. The van der Waals surface area contributed by atoms with Crippen LogP contribution in [-0.2, 0) is 4.32 Å². The highest BCUT2D eigenvalue weighted by Gasteiger charge is 2.82. The van der Waals surface area contributed by atoms with Crippen LogP contribution in [0.25, 0.3) is 0 Å². The van der Waals surface area contributed by atoms with Gasteiger partial charge >= 0.3 is 23.9 Å². The SMILES string of the molecule is Fc1ccccc1C1(Br)C=C(C(F)(C(F)(F)F)C(F)(F)C(F)(F)F)C=C(Br)C1. The highest BCUT2D eigenvalue weighted by Crippen LogP contribution is 2.59. The van der Waals surface area contributed by atoms with Gasteiger partial charge in [-0.05, 0) is 16.6 Å². The molecule has 2 rings (SSSR count). The Labute approximate surface area is 168 Å². The number of halogens is 12. The molecule has 1 aliphatic rings. The minimum atomic E-state index is -6.84. The predicted octanol–water partition coefficient (Wildman–Crippen LogP) is 7.49. The van der Waals surface area contributed by atoms with Gasteiger partial charge in [-0.2, -0.15) is 35.1 Å². The van der Waals surface area contributed by atoms with Crippen LogP contribution < -0.4 is 0 Å². The van der Waals surface area contributed by atoms with Crippen LogP contribution in [-0.4, -0.2) is 23.9 Å². The molecule has 0 amide bonds. The molecule has 0 saturated carbocycles. The number of rotatable bonds is 3. The molecular weight excluding hydrogens is 542 g/mol. The van der Waals surface area contributed by atoms with Gasteiger partial charge in [-0.25, -0.2) is 8.78 Å². The first-order valence-corrected chi connectivity index (χ1v) is 8.79. The van der Waals surface area contributed by atoms with E-state index in [9.17, 15) is 43.9 Å². The summed E-state index contributed by atoms with van der Waals surface area (Å²) >= 11 is 5.57. The number of hydrogen-bond donors (Lipinski definition) is 0. The monoisotopic (exact) mass is 548 g/mol. The fraction of sp³-hybridized carbons (Fsp3) is 0.375. The van der Waals surface area contributed by atoms with Crippen LogP contribution in [0, 0.1) is 5.82 Å². The van der Waals surface area contributed by atoms with Crippen LogP contribution in [0.2, 0.25) is 0 Å². The van der Waals surface area contributed by atoms with Gasteiger partial charge in [0.25, 0.3) is 0 Å². The van der Waals surface area contributed by atoms with Crippen LogP contribution in [0.1, 0.15) is 12.0 Å². The Morgan fingerprint density at radius 1 is 0.857 bits per heavy atom. The molecule has 2 unspecified atom stereocenters. The van der Waals surface area contributed by atoms with Crippen molar-refractivity contribution in [2.45, 2.75) is 34.7 Å². The molecule has 0 nitrogen and oxygen atoms in total. The zero-order valence-corrected chi connectivity index (χ0v) is 16.4. The van der Waals surface area contributed by atoms with Gasteiger partial charge in [0.15, 0.2) is 0 Å². The van der Waals surface area contributed by atoms with E-state index in [1.807, 2.05) is 0 Å². The lowest BCUT2D eigenvalue weighted by atomic mass is 9.80. The van der Waals surface area contributed by atoms with Crippen molar-refractivity contribution in [3.8, 4) is 0 Å². The Bertz CT molecular complexity index is 823. The van der Waals surface area contributed by atoms with E-state index in [0.717, 1.165) is 12.1 Å². The molecule has 28 heavy (non-hydrogen) atoms. The predicted molar refractivity (Wildman–Crippen MR) is 87.6 cm³/mol. The Kier molecular flexibility index (Phi) is 5.84.